The number of carbonyl (C=O) groups is 1. The number of hydrogen-bond acceptors (Lipinski definition) is 4. The molecule has 1 amide bonds. The lowest BCUT2D eigenvalue weighted by molar-refractivity contribution is 0.0529. The number of hydrogen-bond donors (Lipinski definition) is 1. The third kappa shape index (κ3) is 5.30. The van der Waals surface area contributed by atoms with Crippen LogP contribution in [0.1, 0.15) is 26.5 Å². The van der Waals surface area contributed by atoms with Crippen LogP contribution in [-0.4, -0.2) is 17.9 Å². The van der Waals surface area contributed by atoms with Gasteiger partial charge in [0, 0.05) is 10.6 Å². The minimum Gasteiger partial charge on any atom is -0.455 e. The van der Waals surface area contributed by atoms with E-state index in [0.29, 0.717) is 21.6 Å². The molecule has 0 aliphatic heterocycles. The molecule has 0 saturated heterocycles. The Balaban J connectivity index is 2.02. The summed E-state index contributed by atoms with van der Waals surface area (Å²) in [7, 11) is 0. The highest BCUT2D eigenvalue weighted by atomic mass is 35.5. The van der Waals surface area contributed by atoms with E-state index >= 15 is 0 Å². The Morgan fingerprint density at radius 1 is 1.26 bits per heavy atom. The van der Waals surface area contributed by atoms with Gasteiger partial charge < -0.3 is 9.15 Å². The van der Waals surface area contributed by atoms with Crippen LogP contribution < -0.4 is 5.43 Å². The molecule has 122 valence electrons. The maximum Gasteiger partial charge on any atom is 0.428 e. The average Bonchev–Trinajstić information content (AvgIpc) is 2.85. The van der Waals surface area contributed by atoms with Gasteiger partial charge in [0.25, 0.3) is 0 Å². The van der Waals surface area contributed by atoms with Crippen molar-refractivity contribution in [1.82, 2.24) is 5.43 Å². The number of halogens is 2. The molecule has 1 N–H and O–H groups in total. The highest BCUT2D eigenvalue weighted by Gasteiger charge is 2.15. The van der Waals surface area contributed by atoms with E-state index in [1.807, 2.05) is 0 Å². The fraction of sp³-hybridized carbons (Fsp3) is 0.250. The van der Waals surface area contributed by atoms with Gasteiger partial charge in [0.15, 0.2) is 0 Å². The summed E-state index contributed by atoms with van der Waals surface area (Å²) in [5.41, 5.74) is 2.40. The van der Waals surface area contributed by atoms with E-state index in [9.17, 15) is 4.79 Å². The summed E-state index contributed by atoms with van der Waals surface area (Å²) >= 11 is 12.0. The molecule has 1 heterocycles. The van der Waals surface area contributed by atoms with Crippen molar-refractivity contribution in [3.05, 3.63) is 46.1 Å². The van der Waals surface area contributed by atoms with E-state index in [4.69, 9.17) is 32.4 Å². The van der Waals surface area contributed by atoms with Crippen LogP contribution in [0.5, 0.6) is 0 Å². The number of amides is 1. The molecule has 2 aromatic rings. The van der Waals surface area contributed by atoms with Crippen LogP contribution in [0.3, 0.4) is 0 Å². The fourth-order valence-electron chi connectivity index (χ4n) is 1.71. The minimum atomic E-state index is -0.638. The SMILES string of the molecule is CC(C)(C)OC(=O)N/N=C\c1ccc(-c2ccc(Cl)cc2Cl)o1. The Morgan fingerprint density at radius 3 is 2.65 bits per heavy atom. The second-order valence-corrected chi connectivity index (χ2v) is 6.54. The third-order valence-corrected chi connectivity index (χ3v) is 3.12. The summed E-state index contributed by atoms with van der Waals surface area (Å²) in [5.74, 6) is 1.03. The molecule has 0 bridgehead atoms. The first-order chi connectivity index (χ1) is 10.7. The van der Waals surface area contributed by atoms with E-state index in [-0.39, 0.29) is 0 Å². The van der Waals surface area contributed by atoms with Gasteiger partial charge in [-0.15, -0.1) is 0 Å². The molecule has 0 atom stereocenters. The van der Waals surface area contributed by atoms with Gasteiger partial charge in [-0.2, -0.15) is 5.10 Å². The standard InChI is InChI=1S/C16H16Cl2N2O3/c1-16(2,3)23-15(21)20-19-9-11-5-7-14(22-11)12-6-4-10(17)8-13(12)18/h4-9H,1-3H3,(H,20,21)/b19-9-. The molecule has 7 heteroatoms. The summed E-state index contributed by atoms with van der Waals surface area (Å²) in [4.78, 5) is 11.4. The topological polar surface area (TPSA) is 63.8 Å². The highest BCUT2D eigenvalue weighted by Crippen LogP contribution is 2.31. The smallest absolute Gasteiger partial charge is 0.428 e. The van der Waals surface area contributed by atoms with Crippen LogP contribution in [-0.2, 0) is 4.74 Å². The van der Waals surface area contributed by atoms with Crippen LogP contribution in [0.25, 0.3) is 11.3 Å². The predicted octanol–water partition coefficient (Wildman–Crippen LogP) is 5.11. The second kappa shape index (κ2) is 7.06. The molecule has 0 aliphatic carbocycles. The van der Waals surface area contributed by atoms with Crippen molar-refractivity contribution in [2.24, 2.45) is 5.10 Å². The Hall–Kier alpha value is -1.98. The van der Waals surface area contributed by atoms with E-state index in [0.717, 1.165) is 5.56 Å². The maximum absolute atomic E-state index is 11.4. The number of carbonyl (C=O) groups excluding carboxylic acids is 1. The van der Waals surface area contributed by atoms with Crippen LogP contribution in [0.15, 0.2) is 39.9 Å². The zero-order valence-electron chi connectivity index (χ0n) is 12.9. The maximum atomic E-state index is 11.4. The Kier molecular flexibility index (Phi) is 5.34. The lowest BCUT2D eigenvalue weighted by Gasteiger charge is -2.18. The number of furan rings is 1. The largest absolute Gasteiger partial charge is 0.455 e. The van der Waals surface area contributed by atoms with Gasteiger partial charge in [0.2, 0.25) is 0 Å². The van der Waals surface area contributed by atoms with E-state index in [2.05, 4.69) is 10.5 Å². The summed E-state index contributed by atoms with van der Waals surface area (Å²) < 4.78 is 10.7. The minimum absolute atomic E-state index is 0.460. The zero-order valence-corrected chi connectivity index (χ0v) is 14.4. The van der Waals surface area contributed by atoms with Crippen molar-refractivity contribution >= 4 is 35.5 Å². The Morgan fingerprint density at radius 2 is 2.00 bits per heavy atom. The summed E-state index contributed by atoms with van der Waals surface area (Å²) in [6.07, 6.45) is 0.735. The van der Waals surface area contributed by atoms with Crippen molar-refractivity contribution < 1.29 is 13.9 Å². The molecule has 23 heavy (non-hydrogen) atoms. The first-order valence-corrected chi connectivity index (χ1v) is 7.57. The number of rotatable bonds is 3. The molecule has 0 saturated carbocycles. The molecule has 0 spiro atoms. The molecule has 1 aromatic heterocycles. The van der Waals surface area contributed by atoms with Crippen LogP contribution in [0, 0.1) is 0 Å². The fourth-order valence-corrected chi connectivity index (χ4v) is 2.21. The van der Waals surface area contributed by atoms with Crippen molar-refractivity contribution in [2.45, 2.75) is 26.4 Å². The van der Waals surface area contributed by atoms with E-state index in [1.54, 1.807) is 51.1 Å². The van der Waals surface area contributed by atoms with Gasteiger partial charge in [-0.1, -0.05) is 23.2 Å². The van der Waals surface area contributed by atoms with Crippen LogP contribution >= 0.6 is 23.2 Å². The zero-order chi connectivity index (χ0) is 17.0. The van der Waals surface area contributed by atoms with Crippen molar-refractivity contribution in [2.75, 3.05) is 0 Å². The van der Waals surface area contributed by atoms with Gasteiger partial charge >= 0.3 is 6.09 Å². The Labute approximate surface area is 144 Å². The Bertz CT molecular complexity index is 733. The number of nitrogens with one attached hydrogen (secondary N) is 1. The average molecular weight is 355 g/mol. The highest BCUT2D eigenvalue weighted by molar-refractivity contribution is 6.36. The molecule has 0 unspecified atom stereocenters. The third-order valence-electron chi connectivity index (χ3n) is 2.57. The van der Waals surface area contributed by atoms with Crippen molar-refractivity contribution in [1.29, 1.82) is 0 Å². The van der Waals surface area contributed by atoms with Crippen molar-refractivity contribution in [3.63, 3.8) is 0 Å². The second-order valence-electron chi connectivity index (χ2n) is 5.70. The number of hydrazone groups is 1. The first-order valence-electron chi connectivity index (χ1n) is 6.82. The molecule has 0 radical (unpaired) electrons. The van der Waals surface area contributed by atoms with Gasteiger partial charge in [0.05, 0.1) is 11.2 Å². The van der Waals surface area contributed by atoms with Crippen molar-refractivity contribution in [3.8, 4) is 11.3 Å². The van der Waals surface area contributed by atoms with Gasteiger partial charge in [-0.3, -0.25) is 0 Å². The first kappa shape index (κ1) is 17.4. The van der Waals surface area contributed by atoms with Gasteiger partial charge in [-0.05, 0) is 51.1 Å². The number of ether oxygens (including phenoxy) is 1. The van der Waals surface area contributed by atoms with E-state index < -0.39 is 11.7 Å². The molecule has 5 nitrogen and oxygen atoms in total. The molecule has 0 fully saturated rings. The van der Waals surface area contributed by atoms with Crippen LogP contribution in [0.4, 0.5) is 4.79 Å². The molecule has 1 aromatic carbocycles. The molecular weight excluding hydrogens is 339 g/mol. The summed E-state index contributed by atoms with van der Waals surface area (Å²) in [6, 6.07) is 8.59. The lowest BCUT2D eigenvalue weighted by Crippen LogP contribution is -2.29. The van der Waals surface area contributed by atoms with Crippen LogP contribution in [0.2, 0.25) is 10.0 Å². The number of nitrogens with zero attached hydrogens (tertiary/aromatic N) is 1. The van der Waals surface area contributed by atoms with E-state index in [1.165, 1.54) is 6.21 Å². The van der Waals surface area contributed by atoms with Gasteiger partial charge in [-0.25, -0.2) is 10.2 Å². The monoisotopic (exact) mass is 354 g/mol. The lowest BCUT2D eigenvalue weighted by atomic mass is 10.2. The number of benzene rings is 1. The van der Waals surface area contributed by atoms with Gasteiger partial charge in [0.1, 0.15) is 17.1 Å². The quantitative estimate of drug-likeness (QED) is 0.615. The normalized spacial score (nSPS) is 11.7. The molecule has 2 rings (SSSR count). The molecule has 0 aliphatic rings. The predicted molar refractivity (Wildman–Crippen MR) is 91.1 cm³/mol. The summed E-state index contributed by atoms with van der Waals surface area (Å²) in [6.45, 7) is 5.31. The summed E-state index contributed by atoms with van der Waals surface area (Å²) in [5, 5.41) is 4.81. The molecular formula is C16H16Cl2N2O3.